The largest absolute Gasteiger partial charge is 0.337 e. The number of hydrogen-bond acceptors (Lipinski definition) is 4. The minimum Gasteiger partial charge on any atom is -0.337 e. The smallest absolute Gasteiger partial charge is 0.253 e. The van der Waals surface area contributed by atoms with E-state index in [0.29, 0.717) is 16.4 Å². The van der Waals surface area contributed by atoms with E-state index in [4.69, 9.17) is 11.6 Å². The first-order valence-electron chi connectivity index (χ1n) is 7.47. The Labute approximate surface area is 150 Å². The fourth-order valence-corrected chi connectivity index (χ4v) is 4.67. The highest BCUT2D eigenvalue weighted by molar-refractivity contribution is 7.89. The van der Waals surface area contributed by atoms with Gasteiger partial charge in [-0.25, -0.2) is 13.1 Å². The first kappa shape index (κ1) is 17.4. The zero-order chi connectivity index (χ0) is 17.3. The first-order valence-corrected chi connectivity index (χ1v) is 10.1. The molecule has 0 bridgehead atoms. The van der Waals surface area contributed by atoms with Crippen LogP contribution in [0.1, 0.15) is 28.1 Å². The summed E-state index contributed by atoms with van der Waals surface area (Å²) in [6, 6.07) is 9.76. The van der Waals surface area contributed by atoms with Crippen LogP contribution < -0.4 is 4.72 Å². The number of halogens is 1. The van der Waals surface area contributed by atoms with Gasteiger partial charge in [0.2, 0.25) is 10.0 Å². The van der Waals surface area contributed by atoms with Crippen LogP contribution in [0.15, 0.2) is 41.3 Å². The number of benzene rings is 1. The Morgan fingerprint density at radius 1 is 1.25 bits per heavy atom. The lowest BCUT2D eigenvalue weighted by Gasteiger charge is -2.16. The maximum atomic E-state index is 12.4. The number of carbonyl (C=O) groups is 1. The fourth-order valence-electron chi connectivity index (χ4n) is 2.23. The summed E-state index contributed by atoms with van der Waals surface area (Å²) in [4.78, 5) is 15.2. The molecule has 1 aromatic carbocycles. The molecule has 8 heteroatoms. The third kappa shape index (κ3) is 4.16. The molecule has 1 N–H and O–H groups in total. The van der Waals surface area contributed by atoms with E-state index < -0.39 is 10.0 Å². The SMILES string of the molecule is CN(Cc1ccc(Cl)s1)C(=O)c1ccc(S(=O)(=O)NC2CC2)cc1. The highest BCUT2D eigenvalue weighted by Crippen LogP contribution is 2.24. The fraction of sp³-hybridized carbons (Fsp3) is 0.312. The Balaban J connectivity index is 1.68. The van der Waals surface area contributed by atoms with Crippen molar-refractivity contribution in [1.29, 1.82) is 0 Å². The van der Waals surface area contributed by atoms with Crippen molar-refractivity contribution in [3.63, 3.8) is 0 Å². The van der Waals surface area contributed by atoms with Crippen molar-refractivity contribution in [3.8, 4) is 0 Å². The van der Waals surface area contributed by atoms with Crippen molar-refractivity contribution in [1.82, 2.24) is 9.62 Å². The lowest BCUT2D eigenvalue weighted by molar-refractivity contribution is 0.0786. The molecule has 0 aliphatic heterocycles. The number of rotatable bonds is 6. The number of sulfonamides is 1. The van der Waals surface area contributed by atoms with Gasteiger partial charge >= 0.3 is 0 Å². The van der Waals surface area contributed by atoms with Gasteiger partial charge in [-0.15, -0.1) is 11.3 Å². The van der Waals surface area contributed by atoms with Crippen LogP contribution in [0.3, 0.4) is 0 Å². The van der Waals surface area contributed by atoms with E-state index in [1.807, 2.05) is 6.07 Å². The summed E-state index contributed by atoms with van der Waals surface area (Å²) >= 11 is 7.32. The summed E-state index contributed by atoms with van der Waals surface area (Å²) < 4.78 is 27.5. The molecule has 1 amide bonds. The number of nitrogens with zero attached hydrogens (tertiary/aromatic N) is 1. The third-order valence-corrected chi connectivity index (χ3v) is 6.43. The normalized spacial score (nSPS) is 14.6. The van der Waals surface area contributed by atoms with E-state index >= 15 is 0 Å². The van der Waals surface area contributed by atoms with E-state index in [-0.39, 0.29) is 16.8 Å². The standard InChI is InChI=1S/C16H17ClN2O3S2/c1-19(10-13-6-9-15(17)23-13)16(20)11-2-7-14(8-3-11)24(21,22)18-12-4-5-12/h2-3,6-9,12,18H,4-5,10H2,1H3. The summed E-state index contributed by atoms with van der Waals surface area (Å²) in [7, 11) is -1.79. The Bertz CT molecular complexity index is 842. The van der Waals surface area contributed by atoms with Gasteiger partial charge in [-0.2, -0.15) is 0 Å². The second kappa shape index (κ2) is 6.84. The number of carbonyl (C=O) groups excluding carboxylic acids is 1. The molecule has 1 heterocycles. The van der Waals surface area contributed by atoms with Crippen LogP contribution in [0, 0.1) is 0 Å². The topological polar surface area (TPSA) is 66.5 Å². The van der Waals surface area contributed by atoms with Crippen LogP contribution >= 0.6 is 22.9 Å². The molecule has 0 radical (unpaired) electrons. The lowest BCUT2D eigenvalue weighted by Crippen LogP contribution is -2.27. The summed E-state index contributed by atoms with van der Waals surface area (Å²) in [6.45, 7) is 0.458. The molecule has 2 aromatic rings. The molecular formula is C16H17ClN2O3S2. The second-order valence-corrected chi connectivity index (χ2v) is 9.30. The zero-order valence-electron chi connectivity index (χ0n) is 13.0. The van der Waals surface area contributed by atoms with Gasteiger partial charge in [0, 0.05) is 23.5 Å². The van der Waals surface area contributed by atoms with Crippen molar-refractivity contribution in [2.45, 2.75) is 30.3 Å². The Kier molecular flexibility index (Phi) is 4.96. The molecular weight excluding hydrogens is 368 g/mol. The van der Waals surface area contributed by atoms with Gasteiger partial charge in [-0.1, -0.05) is 11.6 Å². The molecule has 24 heavy (non-hydrogen) atoms. The van der Waals surface area contributed by atoms with Gasteiger partial charge in [-0.3, -0.25) is 4.79 Å². The lowest BCUT2D eigenvalue weighted by atomic mass is 10.2. The van der Waals surface area contributed by atoms with Crippen molar-refractivity contribution < 1.29 is 13.2 Å². The summed E-state index contributed by atoms with van der Waals surface area (Å²) in [5, 5.41) is 0. The van der Waals surface area contributed by atoms with Crippen molar-refractivity contribution in [3.05, 3.63) is 51.2 Å². The number of thiophene rings is 1. The van der Waals surface area contributed by atoms with E-state index in [0.717, 1.165) is 17.7 Å². The first-order chi connectivity index (χ1) is 11.3. The third-order valence-electron chi connectivity index (χ3n) is 3.68. The Morgan fingerprint density at radius 2 is 1.92 bits per heavy atom. The van der Waals surface area contributed by atoms with Crippen LogP contribution in [-0.2, 0) is 16.6 Å². The molecule has 5 nitrogen and oxygen atoms in total. The average Bonchev–Trinajstić information content (AvgIpc) is 3.26. The van der Waals surface area contributed by atoms with E-state index in [2.05, 4.69) is 4.72 Å². The van der Waals surface area contributed by atoms with Crippen LogP contribution in [0.25, 0.3) is 0 Å². The number of hydrogen-bond donors (Lipinski definition) is 1. The summed E-state index contributed by atoms with van der Waals surface area (Å²) in [6.07, 6.45) is 1.76. The molecule has 1 aliphatic carbocycles. The van der Waals surface area contributed by atoms with E-state index in [1.54, 1.807) is 30.1 Å². The van der Waals surface area contributed by atoms with Gasteiger partial charge in [0.05, 0.1) is 15.8 Å². The summed E-state index contributed by atoms with van der Waals surface area (Å²) in [5.74, 6) is -0.168. The minimum absolute atomic E-state index is 0.0556. The molecule has 1 aromatic heterocycles. The predicted octanol–water partition coefficient (Wildman–Crippen LogP) is 3.11. The highest BCUT2D eigenvalue weighted by atomic mass is 35.5. The highest BCUT2D eigenvalue weighted by Gasteiger charge is 2.28. The van der Waals surface area contributed by atoms with Gasteiger partial charge in [-0.05, 0) is 49.2 Å². The van der Waals surface area contributed by atoms with E-state index in [1.165, 1.54) is 23.5 Å². The second-order valence-electron chi connectivity index (χ2n) is 5.79. The Hall–Kier alpha value is -1.41. The Morgan fingerprint density at radius 3 is 2.46 bits per heavy atom. The summed E-state index contributed by atoms with van der Waals surface area (Å²) in [5.41, 5.74) is 0.450. The average molecular weight is 385 g/mol. The van der Waals surface area contributed by atoms with Crippen LogP contribution in [-0.4, -0.2) is 32.3 Å². The molecule has 3 rings (SSSR count). The predicted molar refractivity (Wildman–Crippen MR) is 94.9 cm³/mol. The van der Waals surface area contributed by atoms with Crippen LogP contribution in [0.4, 0.5) is 0 Å². The monoisotopic (exact) mass is 384 g/mol. The van der Waals surface area contributed by atoms with Gasteiger partial charge in [0.15, 0.2) is 0 Å². The quantitative estimate of drug-likeness (QED) is 0.832. The zero-order valence-corrected chi connectivity index (χ0v) is 15.4. The van der Waals surface area contributed by atoms with Gasteiger partial charge in [0.1, 0.15) is 0 Å². The molecule has 0 unspecified atom stereocenters. The molecule has 128 valence electrons. The molecule has 1 saturated carbocycles. The molecule has 0 atom stereocenters. The molecule has 0 spiro atoms. The number of nitrogens with one attached hydrogen (secondary N) is 1. The van der Waals surface area contributed by atoms with Crippen LogP contribution in [0.5, 0.6) is 0 Å². The molecule has 0 saturated heterocycles. The molecule has 1 fully saturated rings. The maximum absolute atomic E-state index is 12.4. The van der Waals surface area contributed by atoms with Crippen molar-refractivity contribution in [2.75, 3.05) is 7.05 Å². The van der Waals surface area contributed by atoms with Crippen molar-refractivity contribution in [2.24, 2.45) is 0 Å². The minimum atomic E-state index is -3.49. The van der Waals surface area contributed by atoms with Gasteiger partial charge < -0.3 is 4.90 Å². The number of amides is 1. The van der Waals surface area contributed by atoms with E-state index in [9.17, 15) is 13.2 Å². The van der Waals surface area contributed by atoms with Crippen LogP contribution in [0.2, 0.25) is 4.34 Å². The van der Waals surface area contributed by atoms with Crippen molar-refractivity contribution >= 4 is 38.9 Å². The van der Waals surface area contributed by atoms with Gasteiger partial charge in [0.25, 0.3) is 5.91 Å². The maximum Gasteiger partial charge on any atom is 0.253 e. The molecule has 1 aliphatic rings.